The van der Waals surface area contributed by atoms with Gasteiger partial charge in [-0.15, -0.1) is 0 Å². The third kappa shape index (κ3) is 3.75. The van der Waals surface area contributed by atoms with Gasteiger partial charge in [0.05, 0.1) is 19.8 Å². The molecule has 0 radical (unpaired) electrons. The van der Waals surface area contributed by atoms with Gasteiger partial charge >= 0.3 is 0 Å². The first-order valence-electron chi connectivity index (χ1n) is 6.68. The Bertz CT molecular complexity index is 450. The lowest BCUT2D eigenvalue weighted by Crippen LogP contribution is -2.46. The van der Waals surface area contributed by atoms with Crippen molar-refractivity contribution in [2.45, 2.75) is 6.04 Å². The summed E-state index contributed by atoms with van der Waals surface area (Å²) in [5.41, 5.74) is 0.613. The minimum Gasteiger partial charge on any atom is -0.395 e. The van der Waals surface area contributed by atoms with Crippen molar-refractivity contribution in [3.05, 3.63) is 35.6 Å². The highest BCUT2D eigenvalue weighted by Crippen LogP contribution is 2.22. The summed E-state index contributed by atoms with van der Waals surface area (Å²) in [6.07, 6.45) is 0. The standard InChI is InChI=1S/C14H19FN2O3/c15-12-3-1-2-11(10-12)13(14(19)16-4-7-18)17-5-8-20-9-6-17/h1-3,10,13,18H,4-9H2,(H,16,19). The summed E-state index contributed by atoms with van der Waals surface area (Å²) in [6.45, 7) is 2.42. The van der Waals surface area contributed by atoms with E-state index < -0.39 is 6.04 Å². The largest absolute Gasteiger partial charge is 0.395 e. The molecule has 0 spiro atoms. The van der Waals surface area contributed by atoms with Crippen LogP contribution < -0.4 is 5.32 Å². The van der Waals surface area contributed by atoms with Gasteiger partial charge in [-0.25, -0.2) is 4.39 Å². The number of benzene rings is 1. The van der Waals surface area contributed by atoms with E-state index in [1.165, 1.54) is 12.1 Å². The Morgan fingerprint density at radius 1 is 1.45 bits per heavy atom. The highest BCUT2D eigenvalue weighted by atomic mass is 19.1. The molecule has 0 aromatic heterocycles. The molecule has 0 bridgehead atoms. The monoisotopic (exact) mass is 282 g/mol. The molecule has 1 fully saturated rings. The number of hydrogen-bond donors (Lipinski definition) is 2. The summed E-state index contributed by atoms with van der Waals surface area (Å²) in [7, 11) is 0. The van der Waals surface area contributed by atoms with Crippen LogP contribution >= 0.6 is 0 Å². The van der Waals surface area contributed by atoms with Crippen LogP contribution in [-0.4, -0.2) is 55.4 Å². The second kappa shape index (κ2) is 7.33. The van der Waals surface area contributed by atoms with Gasteiger partial charge in [-0.05, 0) is 17.7 Å². The third-order valence-electron chi connectivity index (χ3n) is 3.23. The topological polar surface area (TPSA) is 61.8 Å². The normalized spacial score (nSPS) is 17.7. The number of amides is 1. The number of aliphatic hydroxyl groups is 1. The molecule has 1 heterocycles. The molecule has 0 saturated carbocycles. The molecule has 1 aliphatic rings. The molecular weight excluding hydrogens is 263 g/mol. The maximum absolute atomic E-state index is 13.4. The van der Waals surface area contributed by atoms with Crippen molar-refractivity contribution < 1.29 is 19.0 Å². The first-order valence-corrected chi connectivity index (χ1v) is 6.68. The van der Waals surface area contributed by atoms with Crippen LogP contribution in [0.15, 0.2) is 24.3 Å². The van der Waals surface area contributed by atoms with Crippen molar-refractivity contribution in [2.24, 2.45) is 0 Å². The number of carbonyl (C=O) groups excluding carboxylic acids is 1. The number of rotatable bonds is 5. The Hall–Kier alpha value is -1.50. The van der Waals surface area contributed by atoms with Gasteiger partial charge in [-0.2, -0.15) is 0 Å². The Kier molecular flexibility index (Phi) is 5.46. The molecular formula is C14H19FN2O3. The number of aliphatic hydroxyl groups excluding tert-OH is 1. The van der Waals surface area contributed by atoms with Gasteiger partial charge < -0.3 is 15.2 Å². The van der Waals surface area contributed by atoms with Crippen LogP contribution in [0.1, 0.15) is 11.6 Å². The molecule has 1 aliphatic heterocycles. The van der Waals surface area contributed by atoms with Gasteiger partial charge in [0.2, 0.25) is 5.91 Å². The molecule has 2 N–H and O–H groups in total. The molecule has 6 heteroatoms. The molecule has 1 saturated heterocycles. The van der Waals surface area contributed by atoms with Crippen LogP contribution in [0, 0.1) is 5.82 Å². The summed E-state index contributed by atoms with van der Waals surface area (Å²) in [4.78, 5) is 14.2. The van der Waals surface area contributed by atoms with Crippen LogP contribution in [0.4, 0.5) is 4.39 Å². The average molecular weight is 282 g/mol. The number of hydrogen-bond acceptors (Lipinski definition) is 4. The molecule has 1 aromatic carbocycles. The SMILES string of the molecule is O=C(NCCO)C(c1cccc(F)c1)N1CCOCC1. The van der Waals surface area contributed by atoms with Crippen LogP contribution in [0.3, 0.4) is 0 Å². The van der Waals surface area contributed by atoms with E-state index in [9.17, 15) is 9.18 Å². The molecule has 110 valence electrons. The minimum absolute atomic E-state index is 0.120. The van der Waals surface area contributed by atoms with E-state index in [0.717, 1.165) is 0 Å². The van der Waals surface area contributed by atoms with E-state index >= 15 is 0 Å². The molecule has 20 heavy (non-hydrogen) atoms. The van der Waals surface area contributed by atoms with Gasteiger partial charge in [0.25, 0.3) is 0 Å². The van der Waals surface area contributed by atoms with E-state index in [-0.39, 0.29) is 24.9 Å². The summed E-state index contributed by atoms with van der Waals surface area (Å²) in [5.74, 6) is -0.595. The van der Waals surface area contributed by atoms with Crippen molar-refractivity contribution in [3.63, 3.8) is 0 Å². The summed E-state index contributed by atoms with van der Waals surface area (Å²) < 4.78 is 18.7. The zero-order chi connectivity index (χ0) is 14.4. The second-order valence-electron chi connectivity index (χ2n) is 4.62. The van der Waals surface area contributed by atoms with E-state index in [4.69, 9.17) is 9.84 Å². The van der Waals surface area contributed by atoms with E-state index in [1.807, 2.05) is 4.90 Å². The molecule has 1 aromatic rings. The lowest BCUT2D eigenvalue weighted by atomic mass is 10.0. The van der Waals surface area contributed by atoms with Crippen molar-refractivity contribution in [1.29, 1.82) is 0 Å². The fraction of sp³-hybridized carbons (Fsp3) is 0.500. The minimum atomic E-state index is -0.554. The smallest absolute Gasteiger partial charge is 0.242 e. The lowest BCUT2D eigenvalue weighted by Gasteiger charge is -2.33. The Labute approximate surface area is 117 Å². The van der Waals surface area contributed by atoms with Gasteiger partial charge in [-0.1, -0.05) is 12.1 Å². The maximum atomic E-state index is 13.4. The Morgan fingerprint density at radius 3 is 2.85 bits per heavy atom. The second-order valence-corrected chi connectivity index (χ2v) is 4.62. The van der Waals surface area contributed by atoms with E-state index in [2.05, 4.69) is 5.32 Å². The molecule has 1 amide bonds. The third-order valence-corrected chi connectivity index (χ3v) is 3.23. The van der Waals surface area contributed by atoms with Gasteiger partial charge in [0, 0.05) is 19.6 Å². The number of ether oxygens (including phenoxy) is 1. The number of carbonyl (C=O) groups is 1. The van der Waals surface area contributed by atoms with E-state index in [1.54, 1.807) is 12.1 Å². The van der Waals surface area contributed by atoms with Crippen LogP contribution in [0.2, 0.25) is 0 Å². The summed E-state index contributed by atoms with van der Waals surface area (Å²) >= 11 is 0. The zero-order valence-electron chi connectivity index (χ0n) is 11.2. The molecule has 2 rings (SSSR count). The van der Waals surface area contributed by atoms with Gasteiger partial charge in [-0.3, -0.25) is 9.69 Å². The highest BCUT2D eigenvalue weighted by Gasteiger charge is 2.28. The predicted molar refractivity (Wildman–Crippen MR) is 71.6 cm³/mol. The molecule has 0 aliphatic carbocycles. The quantitative estimate of drug-likeness (QED) is 0.816. The number of morpholine rings is 1. The first-order chi connectivity index (χ1) is 9.72. The lowest BCUT2D eigenvalue weighted by molar-refractivity contribution is -0.128. The van der Waals surface area contributed by atoms with Crippen molar-refractivity contribution in [3.8, 4) is 0 Å². The van der Waals surface area contributed by atoms with Crippen LogP contribution in [-0.2, 0) is 9.53 Å². The fourth-order valence-electron chi connectivity index (χ4n) is 2.32. The van der Waals surface area contributed by atoms with Crippen molar-refractivity contribution >= 4 is 5.91 Å². The Morgan fingerprint density at radius 2 is 2.20 bits per heavy atom. The molecule has 1 unspecified atom stereocenters. The van der Waals surface area contributed by atoms with Crippen LogP contribution in [0.25, 0.3) is 0 Å². The van der Waals surface area contributed by atoms with Crippen LogP contribution in [0.5, 0.6) is 0 Å². The highest BCUT2D eigenvalue weighted by molar-refractivity contribution is 5.83. The predicted octanol–water partition coefficient (Wildman–Crippen LogP) is 0.307. The van der Waals surface area contributed by atoms with Gasteiger partial charge in [0.1, 0.15) is 11.9 Å². The average Bonchev–Trinajstić information content (AvgIpc) is 2.46. The van der Waals surface area contributed by atoms with Crippen molar-refractivity contribution in [1.82, 2.24) is 10.2 Å². The summed E-state index contributed by atoms with van der Waals surface area (Å²) in [5, 5.41) is 11.5. The fourth-order valence-corrected chi connectivity index (χ4v) is 2.32. The molecule has 5 nitrogen and oxygen atoms in total. The maximum Gasteiger partial charge on any atom is 0.242 e. The number of nitrogens with one attached hydrogen (secondary N) is 1. The van der Waals surface area contributed by atoms with Crippen molar-refractivity contribution in [2.75, 3.05) is 39.5 Å². The van der Waals surface area contributed by atoms with E-state index in [0.29, 0.717) is 31.9 Å². The first kappa shape index (κ1) is 14.9. The molecule has 1 atom stereocenters. The zero-order valence-corrected chi connectivity index (χ0v) is 11.2. The Balaban J connectivity index is 2.20. The van der Waals surface area contributed by atoms with Gasteiger partial charge in [0.15, 0.2) is 0 Å². The number of nitrogens with zero attached hydrogens (tertiary/aromatic N) is 1. The number of halogens is 1. The summed E-state index contributed by atoms with van der Waals surface area (Å²) in [6, 6.07) is 5.50.